The number of hydrogen-bond donors (Lipinski definition) is 1. The van der Waals surface area contributed by atoms with Gasteiger partial charge in [0.2, 0.25) is 5.95 Å². The number of hydrogen-bond acceptors (Lipinski definition) is 5. The van der Waals surface area contributed by atoms with Crippen molar-refractivity contribution in [3.05, 3.63) is 24.7 Å². The maximum absolute atomic E-state index is 13.4. The number of anilines is 1. The summed E-state index contributed by atoms with van der Waals surface area (Å²) in [4.78, 5) is 11.6. The molecule has 0 aliphatic heterocycles. The first kappa shape index (κ1) is 10.5. The Morgan fingerprint density at radius 2 is 2.38 bits per heavy atom. The van der Waals surface area contributed by atoms with E-state index in [1.807, 2.05) is 6.92 Å². The van der Waals surface area contributed by atoms with Crippen LogP contribution < -0.4 is 5.32 Å². The zero-order valence-corrected chi connectivity index (χ0v) is 8.76. The molecular weight excluding hydrogens is 211 g/mol. The maximum atomic E-state index is 13.4. The lowest BCUT2D eigenvalue weighted by molar-refractivity contribution is 0.593. The van der Waals surface area contributed by atoms with Crippen molar-refractivity contribution >= 4 is 5.95 Å². The molecule has 1 N–H and O–H groups in total. The minimum absolute atomic E-state index is 0.0890. The van der Waals surface area contributed by atoms with Crippen molar-refractivity contribution in [2.75, 3.05) is 11.9 Å². The van der Waals surface area contributed by atoms with E-state index in [4.69, 9.17) is 0 Å². The van der Waals surface area contributed by atoms with Gasteiger partial charge in [-0.2, -0.15) is 14.8 Å². The average molecular weight is 222 g/mol. The highest BCUT2D eigenvalue weighted by Crippen LogP contribution is 2.09. The normalized spacial score (nSPS) is 10.4. The van der Waals surface area contributed by atoms with Crippen LogP contribution >= 0.6 is 0 Å². The van der Waals surface area contributed by atoms with Crippen LogP contribution in [-0.4, -0.2) is 31.3 Å². The van der Waals surface area contributed by atoms with E-state index in [-0.39, 0.29) is 5.82 Å². The van der Waals surface area contributed by atoms with Gasteiger partial charge in [0.15, 0.2) is 11.6 Å². The Kier molecular flexibility index (Phi) is 3.04. The molecule has 0 bridgehead atoms. The molecule has 2 aromatic heterocycles. The van der Waals surface area contributed by atoms with Gasteiger partial charge in [-0.3, -0.25) is 0 Å². The number of nitrogens with zero attached hydrogens (tertiary/aromatic N) is 5. The van der Waals surface area contributed by atoms with E-state index < -0.39 is 5.82 Å². The summed E-state index contributed by atoms with van der Waals surface area (Å²) in [7, 11) is 0. The van der Waals surface area contributed by atoms with Gasteiger partial charge in [0.25, 0.3) is 0 Å². The molecule has 84 valence electrons. The third kappa shape index (κ3) is 2.13. The molecule has 0 saturated carbocycles. The van der Waals surface area contributed by atoms with Crippen molar-refractivity contribution < 1.29 is 4.39 Å². The van der Waals surface area contributed by atoms with Crippen LogP contribution in [-0.2, 0) is 0 Å². The lowest BCUT2D eigenvalue weighted by Gasteiger charge is -2.05. The Morgan fingerprint density at radius 1 is 1.50 bits per heavy atom. The number of aromatic nitrogens is 5. The van der Waals surface area contributed by atoms with Crippen molar-refractivity contribution in [2.24, 2.45) is 0 Å². The summed E-state index contributed by atoms with van der Waals surface area (Å²) >= 11 is 0. The number of rotatable bonds is 4. The minimum Gasteiger partial charge on any atom is -0.354 e. The van der Waals surface area contributed by atoms with Crippen molar-refractivity contribution in [1.29, 1.82) is 0 Å². The second kappa shape index (κ2) is 4.65. The van der Waals surface area contributed by atoms with Crippen molar-refractivity contribution in [2.45, 2.75) is 13.3 Å². The lowest BCUT2D eigenvalue weighted by atomic mass is 10.5. The van der Waals surface area contributed by atoms with Crippen LogP contribution in [0.4, 0.5) is 10.3 Å². The van der Waals surface area contributed by atoms with Gasteiger partial charge in [0, 0.05) is 6.54 Å². The molecule has 2 rings (SSSR count). The van der Waals surface area contributed by atoms with Crippen molar-refractivity contribution in [1.82, 2.24) is 24.7 Å². The van der Waals surface area contributed by atoms with Crippen molar-refractivity contribution in [3.63, 3.8) is 0 Å². The molecule has 0 atom stereocenters. The largest absolute Gasteiger partial charge is 0.354 e. The molecule has 0 spiro atoms. The van der Waals surface area contributed by atoms with Gasteiger partial charge in [-0.15, -0.1) is 0 Å². The van der Waals surface area contributed by atoms with Crippen LogP contribution in [0.5, 0.6) is 0 Å². The molecule has 0 aliphatic carbocycles. The van der Waals surface area contributed by atoms with Gasteiger partial charge < -0.3 is 5.32 Å². The van der Waals surface area contributed by atoms with Crippen LogP contribution in [0, 0.1) is 5.82 Å². The van der Waals surface area contributed by atoms with E-state index in [2.05, 4.69) is 25.4 Å². The quantitative estimate of drug-likeness (QED) is 0.836. The molecule has 0 aromatic carbocycles. The Hall–Kier alpha value is -2.05. The van der Waals surface area contributed by atoms with E-state index in [1.165, 1.54) is 17.3 Å². The molecule has 0 fully saturated rings. The fourth-order valence-corrected chi connectivity index (χ4v) is 1.16. The summed E-state index contributed by atoms with van der Waals surface area (Å²) in [5, 5.41) is 6.79. The molecule has 2 aromatic rings. The fourth-order valence-electron chi connectivity index (χ4n) is 1.16. The van der Waals surface area contributed by atoms with E-state index in [0.29, 0.717) is 5.95 Å². The van der Waals surface area contributed by atoms with E-state index in [1.54, 1.807) is 0 Å². The third-order valence-corrected chi connectivity index (χ3v) is 1.89. The molecule has 2 heterocycles. The first-order valence-electron chi connectivity index (χ1n) is 4.92. The zero-order valence-electron chi connectivity index (χ0n) is 8.76. The zero-order chi connectivity index (χ0) is 11.4. The second-order valence-corrected chi connectivity index (χ2v) is 3.13. The SMILES string of the molecule is CCCNc1ncc(F)c(-n2cncn2)n1. The van der Waals surface area contributed by atoms with Gasteiger partial charge >= 0.3 is 0 Å². The molecule has 7 heteroatoms. The predicted molar refractivity (Wildman–Crippen MR) is 55.7 cm³/mol. The van der Waals surface area contributed by atoms with Crippen LogP contribution in [0.1, 0.15) is 13.3 Å². The molecule has 0 radical (unpaired) electrons. The van der Waals surface area contributed by atoms with Gasteiger partial charge in [-0.1, -0.05) is 6.92 Å². The number of halogens is 1. The molecule has 0 amide bonds. The average Bonchev–Trinajstić information content (AvgIpc) is 2.81. The fraction of sp³-hybridized carbons (Fsp3) is 0.333. The van der Waals surface area contributed by atoms with E-state index in [9.17, 15) is 4.39 Å². The summed E-state index contributed by atoms with van der Waals surface area (Å²) in [6.07, 6.45) is 4.76. The standard InChI is InChI=1S/C9H11FN6/c1-2-3-12-9-13-4-7(10)8(15-9)16-6-11-5-14-16/h4-6H,2-3H2,1H3,(H,12,13,15). The van der Waals surface area contributed by atoms with Crippen molar-refractivity contribution in [3.8, 4) is 5.82 Å². The maximum Gasteiger partial charge on any atom is 0.224 e. The van der Waals surface area contributed by atoms with E-state index >= 15 is 0 Å². The molecule has 0 aliphatic rings. The van der Waals surface area contributed by atoms with Crippen LogP contribution in [0.25, 0.3) is 5.82 Å². The Bertz CT molecular complexity index is 455. The monoisotopic (exact) mass is 222 g/mol. The third-order valence-electron chi connectivity index (χ3n) is 1.89. The van der Waals surface area contributed by atoms with Gasteiger partial charge in [-0.25, -0.2) is 14.4 Å². The highest BCUT2D eigenvalue weighted by Gasteiger charge is 2.08. The minimum atomic E-state index is -0.535. The highest BCUT2D eigenvalue weighted by molar-refractivity contribution is 5.31. The first-order valence-corrected chi connectivity index (χ1v) is 4.92. The molecule has 0 saturated heterocycles. The molecule has 0 unspecified atom stereocenters. The Labute approximate surface area is 91.6 Å². The Balaban J connectivity index is 2.30. The summed E-state index contributed by atoms with van der Waals surface area (Å²) < 4.78 is 14.7. The summed E-state index contributed by atoms with van der Waals surface area (Å²) in [6.45, 7) is 2.76. The van der Waals surface area contributed by atoms with Gasteiger partial charge in [0.1, 0.15) is 12.7 Å². The van der Waals surface area contributed by atoms with Gasteiger partial charge in [0.05, 0.1) is 6.20 Å². The molecule has 16 heavy (non-hydrogen) atoms. The lowest BCUT2D eigenvalue weighted by Crippen LogP contribution is -2.09. The number of nitrogens with one attached hydrogen (secondary N) is 1. The van der Waals surface area contributed by atoms with Crippen LogP contribution in [0.2, 0.25) is 0 Å². The Morgan fingerprint density at radius 3 is 3.06 bits per heavy atom. The second-order valence-electron chi connectivity index (χ2n) is 3.13. The first-order chi connectivity index (χ1) is 7.81. The topological polar surface area (TPSA) is 68.5 Å². The smallest absolute Gasteiger partial charge is 0.224 e. The summed E-state index contributed by atoms with van der Waals surface area (Å²) in [6, 6.07) is 0. The van der Waals surface area contributed by atoms with Crippen LogP contribution in [0.3, 0.4) is 0 Å². The van der Waals surface area contributed by atoms with Crippen LogP contribution in [0.15, 0.2) is 18.9 Å². The molecular formula is C9H11FN6. The highest BCUT2D eigenvalue weighted by atomic mass is 19.1. The predicted octanol–water partition coefficient (Wildman–Crippen LogP) is 1.02. The summed E-state index contributed by atoms with van der Waals surface area (Å²) in [5.74, 6) is -0.0626. The van der Waals surface area contributed by atoms with Gasteiger partial charge in [-0.05, 0) is 6.42 Å². The summed E-state index contributed by atoms with van der Waals surface area (Å²) in [5.41, 5.74) is 0. The van der Waals surface area contributed by atoms with E-state index in [0.717, 1.165) is 19.2 Å². The molecule has 6 nitrogen and oxygen atoms in total.